The molecule has 1 fully saturated rings. The van der Waals surface area contributed by atoms with Crippen LogP contribution in [0.25, 0.3) is 0 Å². The summed E-state index contributed by atoms with van der Waals surface area (Å²) in [4.78, 5) is 3.67. The highest BCUT2D eigenvalue weighted by Gasteiger charge is 2.48. The number of pyridine rings is 1. The first kappa shape index (κ1) is 12.3. The highest BCUT2D eigenvalue weighted by Crippen LogP contribution is 2.48. The fourth-order valence-electron chi connectivity index (χ4n) is 2.04. The van der Waals surface area contributed by atoms with Gasteiger partial charge in [0.15, 0.2) is 0 Å². The SMILES string of the molecule is NCC(O)(c1cnccc1C(F)(F)F)C1CC1. The fourth-order valence-corrected chi connectivity index (χ4v) is 2.04. The monoisotopic (exact) mass is 246 g/mol. The van der Waals surface area contributed by atoms with Crippen molar-refractivity contribution in [1.29, 1.82) is 0 Å². The van der Waals surface area contributed by atoms with E-state index in [-0.39, 0.29) is 18.0 Å². The van der Waals surface area contributed by atoms with Gasteiger partial charge in [-0.15, -0.1) is 0 Å². The molecule has 2 rings (SSSR count). The largest absolute Gasteiger partial charge is 0.416 e. The molecule has 1 unspecified atom stereocenters. The van der Waals surface area contributed by atoms with Crippen LogP contribution in [0, 0.1) is 5.92 Å². The van der Waals surface area contributed by atoms with Gasteiger partial charge in [-0.05, 0) is 24.8 Å². The number of rotatable bonds is 3. The lowest BCUT2D eigenvalue weighted by Gasteiger charge is -2.29. The van der Waals surface area contributed by atoms with Crippen molar-refractivity contribution < 1.29 is 18.3 Å². The first-order valence-electron chi connectivity index (χ1n) is 5.33. The van der Waals surface area contributed by atoms with Gasteiger partial charge in [0.1, 0.15) is 5.60 Å². The summed E-state index contributed by atoms with van der Waals surface area (Å²) in [6, 6.07) is 0.873. The maximum absolute atomic E-state index is 12.8. The zero-order valence-electron chi connectivity index (χ0n) is 9.04. The van der Waals surface area contributed by atoms with Gasteiger partial charge in [0.05, 0.1) is 5.56 Å². The minimum Gasteiger partial charge on any atom is -0.383 e. The van der Waals surface area contributed by atoms with E-state index in [1.807, 2.05) is 0 Å². The molecule has 0 aliphatic heterocycles. The summed E-state index contributed by atoms with van der Waals surface area (Å²) in [6.45, 7) is -0.230. The number of nitrogens with two attached hydrogens (primary N) is 1. The number of nitrogens with zero attached hydrogens (tertiary/aromatic N) is 1. The van der Waals surface area contributed by atoms with Gasteiger partial charge in [0.2, 0.25) is 0 Å². The van der Waals surface area contributed by atoms with Crippen LogP contribution in [-0.2, 0) is 11.8 Å². The smallest absolute Gasteiger partial charge is 0.383 e. The van der Waals surface area contributed by atoms with Crippen LogP contribution >= 0.6 is 0 Å². The van der Waals surface area contributed by atoms with Crippen LogP contribution in [0.4, 0.5) is 13.2 Å². The van der Waals surface area contributed by atoms with Crippen LogP contribution in [-0.4, -0.2) is 16.6 Å². The third kappa shape index (κ3) is 2.14. The topological polar surface area (TPSA) is 59.1 Å². The third-order valence-corrected chi connectivity index (χ3v) is 3.16. The standard InChI is InChI=1S/C11H13F3N2O/c12-11(13,14)8-3-4-16-5-9(8)10(17,6-15)7-1-2-7/h3-5,7,17H,1-2,6,15H2. The second-order valence-corrected chi connectivity index (χ2v) is 4.32. The molecule has 1 aromatic heterocycles. The Bertz CT molecular complexity index is 417. The van der Waals surface area contributed by atoms with Crippen molar-refractivity contribution in [2.24, 2.45) is 11.7 Å². The number of aliphatic hydroxyl groups is 1. The van der Waals surface area contributed by atoms with Crippen LogP contribution in [0.1, 0.15) is 24.0 Å². The quantitative estimate of drug-likeness (QED) is 0.852. The summed E-state index contributed by atoms with van der Waals surface area (Å²) < 4.78 is 38.5. The van der Waals surface area contributed by atoms with Crippen molar-refractivity contribution >= 4 is 0 Å². The lowest BCUT2D eigenvalue weighted by Crippen LogP contribution is -2.39. The van der Waals surface area contributed by atoms with Gasteiger partial charge >= 0.3 is 6.18 Å². The van der Waals surface area contributed by atoms with E-state index in [0.717, 1.165) is 18.5 Å². The van der Waals surface area contributed by atoms with Crippen molar-refractivity contribution in [2.45, 2.75) is 24.6 Å². The molecular weight excluding hydrogens is 233 g/mol. The average Bonchev–Trinajstić information content (AvgIpc) is 3.11. The number of hydrogen-bond acceptors (Lipinski definition) is 3. The summed E-state index contributed by atoms with van der Waals surface area (Å²) in [6.07, 6.45) is -0.986. The molecule has 3 N–H and O–H groups in total. The van der Waals surface area contributed by atoms with Gasteiger partial charge in [0.25, 0.3) is 0 Å². The van der Waals surface area contributed by atoms with Crippen molar-refractivity contribution in [3.05, 3.63) is 29.6 Å². The van der Waals surface area contributed by atoms with E-state index in [0.29, 0.717) is 12.8 Å². The normalized spacial score (nSPS) is 20.1. The molecule has 0 radical (unpaired) electrons. The zero-order chi connectivity index (χ0) is 12.7. The van der Waals surface area contributed by atoms with Gasteiger partial charge in [-0.2, -0.15) is 13.2 Å². The molecular formula is C11H13F3N2O. The molecule has 3 nitrogen and oxygen atoms in total. The highest BCUT2D eigenvalue weighted by atomic mass is 19.4. The van der Waals surface area contributed by atoms with E-state index < -0.39 is 17.3 Å². The Labute approximate surface area is 96.5 Å². The number of halogens is 3. The van der Waals surface area contributed by atoms with Crippen LogP contribution in [0.3, 0.4) is 0 Å². The van der Waals surface area contributed by atoms with Crippen molar-refractivity contribution in [2.75, 3.05) is 6.54 Å². The summed E-state index contributed by atoms with van der Waals surface area (Å²) in [5.41, 5.74) is 2.77. The molecule has 94 valence electrons. The van der Waals surface area contributed by atoms with Gasteiger partial charge < -0.3 is 10.8 Å². The third-order valence-electron chi connectivity index (χ3n) is 3.16. The first-order chi connectivity index (χ1) is 7.89. The molecule has 6 heteroatoms. The first-order valence-corrected chi connectivity index (χ1v) is 5.33. The molecule has 0 amide bonds. The lowest BCUT2D eigenvalue weighted by molar-refractivity contribution is -0.141. The van der Waals surface area contributed by atoms with E-state index in [1.165, 1.54) is 0 Å². The molecule has 0 aromatic carbocycles. The van der Waals surface area contributed by atoms with E-state index in [4.69, 9.17) is 5.73 Å². The van der Waals surface area contributed by atoms with Crippen molar-refractivity contribution in [1.82, 2.24) is 4.98 Å². The van der Waals surface area contributed by atoms with E-state index >= 15 is 0 Å². The van der Waals surface area contributed by atoms with E-state index in [9.17, 15) is 18.3 Å². The number of alkyl halides is 3. The molecule has 1 aromatic rings. The molecule has 0 spiro atoms. The Kier molecular flexibility index (Phi) is 2.87. The Balaban J connectivity index is 2.50. The Morgan fingerprint density at radius 2 is 2.00 bits per heavy atom. The summed E-state index contributed by atoms with van der Waals surface area (Å²) in [5.74, 6) is -0.196. The van der Waals surface area contributed by atoms with Crippen LogP contribution in [0.5, 0.6) is 0 Å². The minimum atomic E-state index is -4.50. The lowest BCUT2D eigenvalue weighted by atomic mass is 9.86. The second kappa shape index (κ2) is 3.96. The predicted octanol–water partition coefficient (Wildman–Crippen LogP) is 1.66. The maximum atomic E-state index is 12.8. The predicted molar refractivity (Wildman–Crippen MR) is 54.9 cm³/mol. The molecule has 17 heavy (non-hydrogen) atoms. The van der Waals surface area contributed by atoms with Crippen molar-refractivity contribution in [3.63, 3.8) is 0 Å². The van der Waals surface area contributed by atoms with Gasteiger partial charge in [-0.1, -0.05) is 0 Å². The molecule has 1 atom stereocenters. The van der Waals surface area contributed by atoms with E-state index in [1.54, 1.807) is 0 Å². The Hall–Kier alpha value is -1.14. The van der Waals surface area contributed by atoms with E-state index in [2.05, 4.69) is 4.98 Å². The summed E-state index contributed by atoms with van der Waals surface area (Å²) in [5, 5.41) is 10.3. The average molecular weight is 246 g/mol. The van der Waals surface area contributed by atoms with Gasteiger partial charge in [0, 0.05) is 24.5 Å². The molecule has 0 saturated heterocycles. The molecule has 1 saturated carbocycles. The minimum absolute atomic E-state index is 0.196. The molecule has 1 heterocycles. The Morgan fingerprint density at radius 3 is 2.47 bits per heavy atom. The van der Waals surface area contributed by atoms with Gasteiger partial charge in [-0.25, -0.2) is 0 Å². The van der Waals surface area contributed by atoms with Crippen molar-refractivity contribution in [3.8, 4) is 0 Å². The molecule has 0 bridgehead atoms. The second-order valence-electron chi connectivity index (χ2n) is 4.32. The highest BCUT2D eigenvalue weighted by molar-refractivity contribution is 5.33. The molecule has 1 aliphatic carbocycles. The summed E-state index contributed by atoms with van der Waals surface area (Å²) >= 11 is 0. The Morgan fingerprint density at radius 1 is 1.35 bits per heavy atom. The van der Waals surface area contributed by atoms with Crippen LogP contribution in [0.2, 0.25) is 0 Å². The number of aromatic nitrogens is 1. The van der Waals surface area contributed by atoms with Crippen LogP contribution < -0.4 is 5.73 Å². The van der Waals surface area contributed by atoms with Crippen LogP contribution in [0.15, 0.2) is 18.5 Å². The molecule has 1 aliphatic rings. The fraction of sp³-hybridized carbons (Fsp3) is 0.545. The zero-order valence-corrected chi connectivity index (χ0v) is 9.04. The maximum Gasteiger partial charge on any atom is 0.416 e. The summed E-state index contributed by atoms with van der Waals surface area (Å²) in [7, 11) is 0. The number of hydrogen-bond donors (Lipinski definition) is 2. The van der Waals surface area contributed by atoms with Gasteiger partial charge in [-0.3, -0.25) is 4.98 Å².